The fraction of sp³-hybridized carbons (Fsp3) is 0.545. The summed E-state index contributed by atoms with van der Waals surface area (Å²) < 4.78 is 0. The topological polar surface area (TPSA) is 52.6 Å². The molecule has 0 atom stereocenters. The number of hydrogen-bond donors (Lipinski definition) is 2. The third-order valence-corrected chi connectivity index (χ3v) is 3.04. The van der Waals surface area contributed by atoms with Gasteiger partial charge in [0.1, 0.15) is 0 Å². The first-order chi connectivity index (χ1) is 7.67. The van der Waals surface area contributed by atoms with Crippen molar-refractivity contribution >= 4 is 22.4 Å². The number of aliphatic hydroxyl groups excluding tert-OH is 1. The van der Waals surface area contributed by atoms with Crippen molar-refractivity contribution in [2.45, 2.75) is 20.3 Å². The van der Waals surface area contributed by atoms with Crippen LogP contribution in [0.5, 0.6) is 0 Å². The number of hydrogen-bond acceptors (Lipinski definition) is 3. The molecule has 1 heterocycles. The number of nitrogens with one attached hydrogen (secondary N) is 1. The summed E-state index contributed by atoms with van der Waals surface area (Å²) in [4.78, 5) is 14.6. The van der Waals surface area contributed by atoms with Gasteiger partial charge in [-0.2, -0.15) is 0 Å². The predicted molar refractivity (Wildman–Crippen MR) is 67.0 cm³/mol. The molecule has 0 aromatic carbocycles. The average molecular weight is 242 g/mol. The van der Waals surface area contributed by atoms with Crippen LogP contribution in [0.15, 0.2) is 12.1 Å². The van der Waals surface area contributed by atoms with Crippen LogP contribution in [0.1, 0.15) is 18.2 Å². The van der Waals surface area contributed by atoms with Crippen LogP contribution in [0.2, 0.25) is 0 Å². The van der Waals surface area contributed by atoms with Crippen LogP contribution >= 0.6 is 11.3 Å². The van der Waals surface area contributed by atoms with Crippen LogP contribution < -0.4 is 5.32 Å². The Morgan fingerprint density at radius 3 is 2.75 bits per heavy atom. The Morgan fingerprint density at radius 2 is 2.25 bits per heavy atom. The van der Waals surface area contributed by atoms with Crippen LogP contribution in [-0.4, -0.2) is 35.7 Å². The van der Waals surface area contributed by atoms with E-state index < -0.39 is 0 Å². The number of nitrogens with zero attached hydrogens (tertiary/aromatic N) is 1. The number of rotatable bonds is 5. The average Bonchev–Trinajstić information content (AvgIpc) is 2.63. The highest BCUT2D eigenvalue weighted by molar-refractivity contribution is 7.16. The van der Waals surface area contributed by atoms with E-state index >= 15 is 0 Å². The molecule has 1 aromatic heterocycles. The van der Waals surface area contributed by atoms with Crippen molar-refractivity contribution in [1.82, 2.24) is 4.90 Å². The molecule has 0 unspecified atom stereocenters. The highest BCUT2D eigenvalue weighted by atomic mass is 32.1. The zero-order chi connectivity index (χ0) is 12.0. The zero-order valence-corrected chi connectivity index (χ0v) is 10.5. The molecule has 2 amide bonds. The van der Waals surface area contributed by atoms with E-state index in [4.69, 9.17) is 5.11 Å². The van der Waals surface area contributed by atoms with Gasteiger partial charge in [0.15, 0.2) is 0 Å². The van der Waals surface area contributed by atoms with Crippen LogP contribution in [0.4, 0.5) is 9.80 Å². The fourth-order valence-corrected chi connectivity index (χ4v) is 2.15. The second-order valence-electron chi connectivity index (χ2n) is 3.55. The highest BCUT2D eigenvalue weighted by Gasteiger charge is 2.12. The smallest absolute Gasteiger partial charge is 0.322 e. The standard InChI is InChI=1S/C11H18N2O2S/c1-3-6-13(7-8-14)11(15)12-10-5-4-9(2)16-10/h4-5,14H,3,6-8H2,1-2H3,(H,12,15). The first kappa shape index (κ1) is 13.0. The van der Waals surface area contributed by atoms with Crippen molar-refractivity contribution in [1.29, 1.82) is 0 Å². The van der Waals surface area contributed by atoms with E-state index in [0.717, 1.165) is 11.4 Å². The molecule has 0 fully saturated rings. The molecule has 16 heavy (non-hydrogen) atoms. The molecule has 0 aliphatic carbocycles. The van der Waals surface area contributed by atoms with E-state index in [1.165, 1.54) is 4.88 Å². The van der Waals surface area contributed by atoms with Crippen molar-refractivity contribution in [2.75, 3.05) is 25.0 Å². The lowest BCUT2D eigenvalue weighted by atomic mass is 10.4. The number of carbonyl (C=O) groups is 1. The van der Waals surface area contributed by atoms with Gasteiger partial charge in [-0.3, -0.25) is 5.32 Å². The Morgan fingerprint density at radius 1 is 1.50 bits per heavy atom. The summed E-state index contributed by atoms with van der Waals surface area (Å²) >= 11 is 1.55. The van der Waals surface area contributed by atoms with E-state index in [1.807, 2.05) is 26.0 Å². The van der Waals surface area contributed by atoms with Crippen LogP contribution in [-0.2, 0) is 0 Å². The Bertz CT molecular complexity index is 332. The Hall–Kier alpha value is -1.07. The summed E-state index contributed by atoms with van der Waals surface area (Å²) in [7, 11) is 0. The van der Waals surface area contributed by atoms with E-state index in [0.29, 0.717) is 13.1 Å². The number of urea groups is 1. The summed E-state index contributed by atoms with van der Waals surface area (Å²) in [6.45, 7) is 5.04. The molecule has 4 nitrogen and oxygen atoms in total. The summed E-state index contributed by atoms with van der Waals surface area (Å²) in [5.74, 6) is 0. The van der Waals surface area contributed by atoms with Gasteiger partial charge in [0.2, 0.25) is 0 Å². The minimum Gasteiger partial charge on any atom is -0.395 e. The third kappa shape index (κ3) is 3.83. The first-order valence-corrected chi connectivity index (χ1v) is 6.22. The molecule has 90 valence electrons. The second-order valence-corrected chi connectivity index (χ2v) is 4.84. The molecule has 0 aliphatic rings. The maximum atomic E-state index is 11.8. The molecular formula is C11H18N2O2S. The number of thiophene rings is 1. The molecule has 0 saturated heterocycles. The van der Waals surface area contributed by atoms with E-state index in [1.54, 1.807) is 16.2 Å². The van der Waals surface area contributed by atoms with Gasteiger partial charge in [0.05, 0.1) is 11.6 Å². The highest BCUT2D eigenvalue weighted by Crippen LogP contribution is 2.20. The van der Waals surface area contributed by atoms with Gasteiger partial charge in [-0.1, -0.05) is 6.92 Å². The molecule has 0 saturated carbocycles. The predicted octanol–water partition coefficient (Wildman–Crippen LogP) is 2.29. The minimum atomic E-state index is -0.141. The van der Waals surface area contributed by atoms with Crippen molar-refractivity contribution in [3.8, 4) is 0 Å². The van der Waals surface area contributed by atoms with Gasteiger partial charge in [-0.15, -0.1) is 11.3 Å². The van der Waals surface area contributed by atoms with Crippen molar-refractivity contribution in [3.05, 3.63) is 17.0 Å². The molecule has 1 rings (SSSR count). The second kappa shape index (κ2) is 6.50. The fourth-order valence-electron chi connectivity index (χ4n) is 1.39. The van der Waals surface area contributed by atoms with Crippen LogP contribution in [0.25, 0.3) is 0 Å². The maximum Gasteiger partial charge on any atom is 0.322 e. The molecule has 0 aliphatic heterocycles. The first-order valence-electron chi connectivity index (χ1n) is 5.40. The van der Waals surface area contributed by atoms with Crippen molar-refractivity contribution in [3.63, 3.8) is 0 Å². The molecular weight excluding hydrogens is 224 g/mol. The van der Waals surface area contributed by atoms with Crippen LogP contribution in [0.3, 0.4) is 0 Å². The summed E-state index contributed by atoms with van der Waals surface area (Å²) in [5.41, 5.74) is 0. The van der Waals surface area contributed by atoms with E-state index in [2.05, 4.69) is 5.32 Å². The Kier molecular flexibility index (Phi) is 5.28. The van der Waals surface area contributed by atoms with Gasteiger partial charge in [-0.25, -0.2) is 4.79 Å². The van der Waals surface area contributed by atoms with Gasteiger partial charge >= 0.3 is 6.03 Å². The molecule has 2 N–H and O–H groups in total. The van der Waals surface area contributed by atoms with Crippen molar-refractivity contribution in [2.24, 2.45) is 0 Å². The molecule has 1 aromatic rings. The summed E-state index contributed by atoms with van der Waals surface area (Å²) in [5, 5.41) is 12.5. The number of amides is 2. The van der Waals surface area contributed by atoms with Gasteiger partial charge in [-0.05, 0) is 25.5 Å². The van der Waals surface area contributed by atoms with Gasteiger partial charge in [0, 0.05) is 18.0 Å². The molecule has 0 radical (unpaired) electrons. The normalized spacial score (nSPS) is 10.2. The van der Waals surface area contributed by atoms with Gasteiger partial charge < -0.3 is 10.0 Å². The Balaban J connectivity index is 2.54. The lowest BCUT2D eigenvalue weighted by Crippen LogP contribution is -2.37. The SMILES string of the molecule is CCCN(CCO)C(=O)Nc1ccc(C)s1. The monoisotopic (exact) mass is 242 g/mol. The lowest BCUT2D eigenvalue weighted by Gasteiger charge is -2.20. The van der Waals surface area contributed by atoms with Crippen molar-refractivity contribution < 1.29 is 9.90 Å². The zero-order valence-electron chi connectivity index (χ0n) is 9.69. The maximum absolute atomic E-state index is 11.8. The van der Waals surface area contributed by atoms with Gasteiger partial charge in [0.25, 0.3) is 0 Å². The van der Waals surface area contributed by atoms with E-state index in [-0.39, 0.29) is 12.6 Å². The quantitative estimate of drug-likeness (QED) is 0.832. The summed E-state index contributed by atoms with van der Waals surface area (Å²) in [6, 6.07) is 3.72. The van der Waals surface area contributed by atoms with E-state index in [9.17, 15) is 4.79 Å². The molecule has 0 bridgehead atoms. The molecule has 0 spiro atoms. The number of aryl methyl sites for hydroxylation is 1. The number of aliphatic hydroxyl groups is 1. The minimum absolute atomic E-state index is 0.00309. The Labute approximate surface area is 99.9 Å². The largest absolute Gasteiger partial charge is 0.395 e. The lowest BCUT2D eigenvalue weighted by molar-refractivity contribution is 0.188. The third-order valence-electron chi connectivity index (χ3n) is 2.12. The summed E-state index contributed by atoms with van der Waals surface area (Å²) in [6.07, 6.45) is 0.886. The number of anilines is 1. The number of carbonyl (C=O) groups excluding carboxylic acids is 1. The van der Waals surface area contributed by atoms with Crippen LogP contribution in [0, 0.1) is 6.92 Å². The molecule has 5 heteroatoms.